The van der Waals surface area contributed by atoms with Crippen molar-refractivity contribution in [2.24, 2.45) is 0 Å². The SMILES string of the molecule is CC(C(=O)Nc1cc(C2CC2)[nH]n1)c1cccc(NC(=O)C2CCCCN2C(=O)/C=C/CN(C)C)c1. The minimum Gasteiger partial charge on any atom is -0.327 e. The monoisotopic (exact) mass is 492 g/mol. The normalized spacial score (nSPS) is 18.9. The van der Waals surface area contributed by atoms with Gasteiger partial charge < -0.3 is 20.4 Å². The number of hydrogen-bond donors (Lipinski definition) is 3. The summed E-state index contributed by atoms with van der Waals surface area (Å²) in [6.45, 7) is 3.05. The molecular formula is C27H36N6O3. The molecule has 4 rings (SSSR count). The molecule has 1 aromatic carbocycles. The van der Waals surface area contributed by atoms with Crippen LogP contribution in [0.1, 0.15) is 62.1 Å². The van der Waals surface area contributed by atoms with E-state index in [9.17, 15) is 14.4 Å². The Labute approximate surface area is 212 Å². The first-order chi connectivity index (χ1) is 17.3. The van der Waals surface area contributed by atoms with Gasteiger partial charge in [0.25, 0.3) is 0 Å². The summed E-state index contributed by atoms with van der Waals surface area (Å²) in [5.41, 5.74) is 2.45. The van der Waals surface area contributed by atoms with E-state index in [1.807, 2.05) is 56.3 Å². The van der Waals surface area contributed by atoms with Crippen molar-refractivity contribution in [2.75, 3.05) is 37.8 Å². The Bertz CT molecular complexity index is 1120. The number of likely N-dealkylation sites (N-methyl/N-ethyl adjacent to an activating group) is 1. The maximum atomic E-state index is 13.2. The topological polar surface area (TPSA) is 110 Å². The second-order valence-corrected chi connectivity index (χ2v) is 10.0. The van der Waals surface area contributed by atoms with Gasteiger partial charge in [-0.05, 0) is 70.8 Å². The van der Waals surface area contributed by atoms with Gasteiger partial charge in [-0.3, -0.25) is 19.5 Å². The molecule has 1 aromatic heterocycles. The van der Waals surface area contributed by atoms with Gasteiger partial charge in [0.05, 0.1) is 5.92 Å². The van der Waals surface area contributed by atoms with Crippen LogP contribution in [0.5, 0.6) is 0 Å². The zero-order chi connectivity index (χ0) is 25.7. The summed E-state index contributed by atoms with van der Waals surface area (Å²) in [5, 5.41) is 13.0. The fraction of sp³-hybridized carbons (Fsp3) is 0.481. The zero-order valence-corrected chi connectivity index (χ0v) is 21.3. The molecule has 2 heterocycles. The van der Waals surface area contributed by atoms with Gasteiger partial charge in [-0.2, -0.15) is 5.10 Å². The van der Waals surface area contributed by atoms with Crippen LogP contribution in [0, 0.1) is 0 Å². The highest BCUT2D eigenvalue weighted by Gasteiger charge is 2.31. The lowest BCUT2D eigenvalue weighted by atomic mass is 9.99. The van der Waals surface area contributed by atoms with E-state index in [1.54, 1.807) is 17.0 Å². The number of rotatable bonds is 9. The quantitative estimate of drug-likeness (QED) is 0.464. The molecule has 2 unspecified atom stereocenters. The number of aromatic amines is 1. The lowest BCUT2D eigenvalue weighted by Gasteiger charge is -2.34. The predicted molar refractivity (Wildman–Crippen MR) is 140 cm³/mol. The molecule has 192 valence electrons. The molecule has 1 saturated carbocycles. The summed E-state index contributed by atoms with van der Waals surface area (Å²) >= 11 is 0. The van der Waals surface area contributed by atoms with E-state index in [1.165, 1.54) is 0 Å². The van der Waals surface area contributed by atoms with E-state index in [4.69, 9.17) is 0 Å². The molecule has 0 bridgehead atoms. The molecule has 3 N–H and O–H groups in total. The highest BCUT2D eigenvalue weighted by Crippen LogP contribution is 2.39. The van der Waals surface area contributed by atoms with Gasteiger partial charge in [-0.25, -0.2) is 0 Å². The number of benzene rings is 1. The number of likely N-dealkylation sites (tertiary alicyclic amines) is 1. The van der Waals surface area contributed by atoms with E-state index in [0.717, 1.165) is 36.9 Å². The molecule has 36 heavy (non-hydrogen) atoms. The summed E-state index contributed by atoms with van der Waals surface area (Å²) in [6, 6.07) is 8.68. The number of aromatic nitrogens is 2. The van der Waals surface area contributed by atoms with Crippen LogP contribution in [-0.2, 0) is 14.4 Å². The van der Waals surface area contributed by atoms with E-state index < -0.39 is 12.0 Å². The molecule has 9 heteroatoms. The van der Waals surface area contributed by atoms with Gasteiger partial charge in [0, 0.05) is 42.5 Å². The standard InChI is InChI=1S/C27H36N6O3/c1-18(26(35)29-24-17-22(30-31-24)19-12-13-19)20-8-6-9-21(16-20)28-27(36)23-10-4-5-15-33(23)25(34)11-7-14-32(2)3/h6-9,11,16-19,23H,4-5,10,12-15H2,1-3H3,(H,28,36)(H2,29,30,31,35)/b11-7+. The van der Waals surface area contributed by atoms with Crippen LogP contribution < -0.4 is 10.6 Å². The third kappa shape index (κ3) is 6.60. The Morgan fingerprint density at radius 1 is 1.17 bits per heavy atom. The fourth-order valence-corrected chi connectivity index (χ4v) is 4.43. The zero-order valence-electron chi connectivity index (χ0n) is 21.3. The summed E-state index contributed by atoms with van der Waals surface area (Å²) in [5.74, 6) is 0.116. The van der Waals surface area contributed by atoms with Crippen molar-refractivity contribution < 1.29 is 14.4 Å². The Balaban J connectivity index is 1.37. The van der Waals surface area contributed by atoms with Gasteiger partial charge >= 0.3 is 0 Å². The van der Waals surface area contributed by atoms with Crippen molar-refractivity contribution >= 4 is 29.2 Å². The molecule has 2 atom stereocenters. The summed E-state index contributed by atoms with van der Waals surface area (Å²) < 4.78 is 0. The molecule has 1 aliphatic carbocycles. The molecule has 2 aromatic rings. The molecule has 3 amide bonds. The third-order valence-corrected chi connectivity index (χ3v) is 6.73. The number of carbonyl (C=O) groups excluding carboxylic acids is 3. The number of anilines is 2. The van der Waals surface area contributed by atoms with E-state index >= 15 is 0 Å². The third-order valence-electron chi connectivity index (χ3n) is 6.73. The average Bonchev–Trinajstić information content (AvgIpc) is 3.62. The van der Waals surface area contributed by atoms with E-state index in [2.05, 4.69) is 20.8 Å². The van der Waals surface area contributed by atoms with Crippen molar-refractivity contribution in [2.45, 2.75) is 56.9 Å². The first kappa shape index (κ1) is 25.6. The van der Waals surface area contributed by atoms with E-state index in [-0.39, 0.29) is 17.7 Å². The van der Waals surface area contributed by atoms with Gasteiger partial charge in [-0.15, -0.1) is 0 Å². The van der Waals surface area contributed by atoms with Crippen LogP contribution in [0.3, 0.4) is 0 Å². The van der Waals surface area contributed by atoms with Crippen molar-refractivity contribution in [3.8, 4) is 0 Å². The van der Waals surface area contributed by atoms with Crippen LogP contribution in [0.4, 0.5) is 11.5 Å². The van der Waals surface area contributed by atoms with E-state index in [0.29, 0.717) is 36.9 Å². The molecule has 9 nitrogen and oxygen atoms in total. The number of hydrogen-bond acceptors (Lipinski definition) is 5. The summed E-state index contributed by atoms with van der Waals surface area (Å²) in [7, 11) is 3.87. The minimum absolute atomic E-state index is 0.140. The second-order valence-electron chi connectivity index (χ2n) is 10.0. The maximum Gasteiger partial charge on any atom is 0.247 e. The fourth-order valence-electron chi connectivity index (χ4n) is 4.43. The number of piperidine rings is 1. The van der Waals surface area contributed by atoms with Crippen LogP contribution in [0.2, 0.25) is 0 Å². The van der Waals surface area contributed by atoms with Crippen molar-refractivity contribution in [1.29, 1.82) is 0 Å². The first-order valence-electron chi connectivity index (χ1n) is 12.7. The lowest BCUT2D eigenvalue weighted by molar-refractivity contribution is -0.136. The largest absolute Gasteiger partial charge is 0.327 e. The lowest BCUT2D eigenvalue weighted by Crippen LogP contribution is -2.49. The molecule has 1 saturated heterocycles. The van der Waals surface area contributed by atoms with Crippen molar-refractivity contribution in [3.05, 3.63) is 53.7 Å². The summed E-state index contributed by atoms with van der Waals surface area (Å²) in [4.78, 5) is 42.4. The summed E-state index contributed by atoms with van der Waals surface area (Å²) in [6.07, 6.45) is 8.10. The Morgan fingerprint density at radius 2 is 1.97 bits per heavy atom. The van der Waals surface area contributed by atoms with Crippen LogP contribution >= 0.6 is 0 Å². The Hall–Kier alpha value is -3.46. The Morgan fingerprint density at radius 3 is 2.72 bits per heavy atom. The predicted octanol–water partition coefficient (Wildman–Crippen LogP) is 3.47. The first-order valence-corrected chi connectivity index (χ1v) is 12.7. The number of nitrogens with one attached hydrogen (secondary N) is 3. The number of nitrogens with zero attached hydrogens (tertiary/aromatic N) is 3. The molecular weight excluding hydrogens is 456 g/mol. The van der Waals surface area contributed by atoms with Gasteiger partial charge in [0.1, 0.15) is 6.04 Å². The van der Waals surface area contributed by atoms with Crippen molar-refractivity contribution in [1.82, 2.24) is 20.0 Å². The van der Waals surface area contributed by atoms with Gasteiger partial charge in [0.15, 0.2) is 5.82 Å². The highest BCUT2D eigenvalue weighted by molar-refractivity contribution is 5.99. The van der Waals surface area contributed by atoms with Crippen molar-refractivity contribution in [3.63, 3.8) is 0 Å². The maximum absolute atomic E-state index is 13.2. The average molecular weight is 493 g/mol. The molecule has 2 fully saturated rings. The highest BCUT2D eigenvalue weighted by atomic mass is 16.2. The Kier molecular flexibility index (Phi) is 8.20. The number of H-pyrrole nitrogens is 1. The van der Waals surface area contributed by atoms with Crippen LogP contribution in [-0.4, -0.2) is 70.9 Å². The number of carbonyl (C=O) groups is 3. The number of amides is 3. The van der Waals surface area contributed by atoms with Crippen LogP contribution in [0.15, 0.2) is 42.5 Å². The second kappa shape index (κ2) is 11.5. The minimum atomic E-state index is -0.514. The van der Waals surface area contributed by atoms with Crippen LogP contribution in [0.25, 0.3) is 0 Å². The molecule has 0 spiro atoms. The van der Waals surface area contributed by atoms with Gasteiger partial charge in [0.2, 0.25) is 17.7 Å². The smallest absolute Gasteiger partial charge is 0.247 e. The molecule has 1 aliphatic heterocycles. The van der Waals surface area contributed by atoms with Gasteiger partial charge in [-0.1, -0.05) is 18.2 Å². The molecule has 0 radical (unpaired) electrons. The molecule has 2 aliphatic rings.